The zero-order chi connectivity index (χ0) is 34.5. The van der Waals surface area contributed by atoms with Gasteiger partial charge in [-0.3, -0.25) is 0 Å². The van der Waals surface area contributed by atoms with E-state index in [0.717, 1.165) is 37.1 Å². The molecule has 0 saturated carbocycles. The van der Waals surface area contributed by atoms with Gasteiger partial charge in [-0.15, -0.1) is 0 Å². The first-order chi connectivity index (χ1) is 24.0. The molecule has 4 N–H and O–H groups in total. The van der Waals surface area contributed by atoms with E-state index in [1.54, 1.807) is 0 Å². The maximum Gasteiger partial charge on any atom is 0.0346 e. The largest absolute Gasteiger partial charge is 0.399 e. The number of anilines is 2. The Kier molecular flexibility index (Phi) is 17.4. The summed E-state index contributed by atoms with van der Waals surface area (Å²) in [4.78, 5) is 0. The first kappa shape index (κ1) is 38.3. The number of hydrogen-bond donors (Lipinski definition) is 2. The lowest BCUT2D eigenvalue weighted by molar-refractivity contribution is 0.613. The van der Waals surface area contributed by atoms with Crippen molar-refractivity contribution in [2.24, 2.45) is 0 Å². The molecule has 2 nitrogen and oxygen atoms in total. The average Bonchev–Trinajstić information content (AvgIpc) is 3.11. The fourth-order valence-corrected chi connectivity index (χ4v) is 7.12. The van der Waals surface area contributed by atoms with Gasteiger partial charge in [0.15, 0.2) is 0 Å². The van der Waals surface area contributed by atoms with Crippen LogP contribution in [-0.2, 0) is 38.5 Å². The molecule has 49 heavy (non-hydrogen) atoms. The van der Waals surface area contributed by atoms with Gasteiger partial charge in [0.25, 0.3) is 0 Å². The number of nitrogen functional groups attached to an aromatic ring is 2. The van der Waals surface area contributed by atoms with Crippen LogP contribution in [0.5, 0.6) is 0 Å². The zero-order valence-corrected chi connectivity index (χ0v) is 31.1. The molecule has 4 aromatic carbocycles. The molecule has 4 rings (SSSR count). The number of aryl methyl sites for hydroxylation is 4. The number of hydrogen-bond acceptors (Lipinski definition) is 2. The lowest BCUT2D eigenvalue weighted by Crippen LogP contribution is -1.98. The highest BCUT2D eigenvalue weighted by molar-refractivity contribution is 5.50. The normalized spacial score (nSPS) is 11.3. The summed E-state index contributed by atoms with van der Waals surface area (Å²) in [7, 11) is 0. The Morgan fingerprint density at radius 3 is 1.02 bits per heavy atom. The Labute approximate surface area is 300 Å². The van der Waals surface area contributed by atoms with Crippen molar-refractivity contribution >= 4 is 11.4 Å². The van der Waals surface area contributed by atoms with E-state index < -0.39 is 0 Å². The summed E-state index contributed by atoms with van der Waals surface area (Å²) in [6.45, 7) is 4.54. The molecule has 0 bridgehead atoms. The van der Waals surface area contributed by atoms with Crippen molar-refractivity contribution in [2.45, 2.75) is 149 Å². The van der Waals surface area contributed by atoms with Crippen LogP contribution >= 0.6 is 0 Å². The maximum atomic E-state index is 6.30. The summed E-state index contributed by atoms with van der Waals surface area (Å²) in [5, 5.41) is 0. The Hall–Kier alpha value is -3.52. The first-order valence-corrected chi connectivity index (χ1v) is 19.9. The Morgan fingerprint density at radius 2 is 0.633 bits per heavy atom. The number of nitrogens with two attached hydrogens (primary N) is 2. The summed E-state index contributed by atoms with van der Waals surface area (Å²) < 4.78 is 0. The second-order valence-electron chi connectivity index (χ2n) is 14.6. The summed E-state index contributed by atoms with van der Waals surface area (Å²) in [5.41, 5.74) is 25.6. The van der Waals surface area contributed by atoms with Crippen LogP contribution < -0.4 is 11.5 Å². The van der Waals surface area contributed by atoms with Gasteiger partial charge < -0.3 is 11.5 Å². The van der Waals surface area contributed by atoms with Crippen molar-refractivity contribution in [3.63, 3.8) is 0 Å². The minimum absolute atomic E-state index is 0.950. The van der Waals surface area contributed by atoms with Gasteiger partial charge in [-0.05, 0) is 121 Å². The molecule has 0 amide bonds. The summed E-state index contributed by atoms with van der Waals surface area (Å²) in [6, 6.07) is 32.0. The third-order valence-electron chi connectivity index (χ3n) is 10.3. The van der Waals surface area contributed by atoms with Crippen molar-refractivity contribution in [1.82, 2.24) is 0 Å². The Morgan fingerprint density at radius 1 is 0.327 bits per heavy atom. The summed E-state index contributed by atoms with van der Waals surface area (Å²) in [5.74, 6) is 0. The second-order valence-corrected chi connectivity index (χ2v) is 14.6. The predicted octanol–water partition coefficient (Wildman–Crippen LogP) is 12.8. The molecule has 0 aliphatic carbocycles. The van der Waals surface area contributed by atoms with Crippen molar-refractivity contribution in [3.8, 4) is 0 Å². The first-order valence-electron chi connectivity index (χ1n) is 19.9. The van der Waals surface area contributed by atoms with Crippen LogP contribution in [0.15, 0.2) is 84.9 Å². The molecule has 4 aromatic rings. The molecule has 264 valence electrons. The van der Waals surface area contributed by atoms with Crippen LogP contribution in [0.25, 0.3) is 0 Å². The number of rotatable bonds is 24. The summed E-state index contributed by atoms with van der Waals surface area (Å²) >= 11 is 0. The second kappa shape index (κ2) is 22.2. The quantitative estimate of drug-likeness (QED) is 0.0581. The molecule has 0 aliphatic heterocycles. The van der Waals surface area contributed by atoms with E-state index in [4.69, 9.17) is 11.5 Å². The molecule has 0 fully saturated rings. The van der Waals surface area contributed by atoms with E-state index >= 15 is 0 Å². The highest BCUT2D eigenvalue weighted by Gasteiger charge is 2.06. The molecule has 0 unspecified atom stereocenters. The third-order valence-corrected chi connectivity index (χ3v) is 10.3. The monoisotopic (exact) mass is 659 g/mol. The van der Waals surface area contributed by atoms with Gasteiger partial charge in [0.05, 0.1) is 0 Å². The van der Waals surface area contributed by atoms with E-state index in [-0.39, 0.29) is 0 Å². The van der Waals surface area contributed by atoms with Crippen LogP contribution in [-0.4, -0.2) is 0 Å². The maximum absolute atomic E-state index is 6.30. The molecule has 0 aromatic heterocycles. The van der Waals surface area contributed by atoms with Crippen LogP contribution in [0.2, 0.25) is 0 Å². The van der Waals surface area contributed by atoms with Gasteiger partial charge in [0.2, 0.25) is 0 Å². The molecule has 0 saturated heterocycles. The van der Waals surface area contributed by atoms with Gasteiger partial charge in [-0.2, -0.15) is 0 Å². The average molecular weight is 659 g/mol. The Balaban J connectivity index is 1.09. The van der Waals surface area contributed by atoms with Crippen molar-refractivity contribution in [2.75, 3.05) is 11.5 Å². The van der Waals surface area contributed by atoms with Crippen LogP contribution in [0.1, 0.15) is 155 Å². The lowest BCUT2D eigenvalue weighted by Gasteiger charge is -2.10. The van der Waals surface area contributed by atoms with Crippen molar-refractivity contribution in [1.29, 1.82) is 0 Å². The van der Waals surface area contributed by atoms with Crippen LogP contribution in [0.4, 0.5) is 11.4 Å². The topological polar surface area (TPSA) is 52.0 Å². The van der Waals surface area contributed by atoms with Crippen LogP contribution in [0, 0.1) is 0 Å². The molecule has 0 heterocycles. The predicted molar refractivity (Wildman–Crippen MR) is 216 cm³/mol. The van der Waals surface area contributed by atoms with Crippen LogP contribution in [0.3, 0.4) is 0 Å². The van der Waals surface area contributed by atoms with Gasteiger partial charge >= 0.3 is 0 Å². The minimum Gasteiger partial charge on any atom is -0.399 e. The number of unbranched alkanes of at least 4 members (excludes halogenated alkanes) is 12. The van der Waals surface area contributed by atoms with E-state index in [2.05, 4.69) is 98.8 Å². The van der Waals surface area contributed by atoms with Gasteiger partial charge in [0, 0.05) is 11.4 Å². The van der Waals surface area contributed by atoms with Crippen molar-refractivity contribution < 1.29 is 0 Å². The van der Waals surface area contributed by atoms with Gasteiger partial charge in [-0.1, -0.05) is 157 Å². The standard InChI is InChI=1S/C47H66N2/c1-3-5-7-10-16-20-44-36-42(30-32-46(44)48)34-40-26-22-38(23-27-40)18-14-12-9-13-15-19-39-24-28-41(29-25-39)35-43-31-33-47(49)45(37-43)21-17-11-8-6-4-2/h22-33,36-37H,3-21,34-35,48-49H2,1-2H3. The molecule has 2 heteroatoms. The molecule has 0 radical (unpaired) electrons. The smallest absolute Gasteiger partial charge is 0.0346 e. The summed E-state index contributed by atoms with van der Waals surface area (Å²) in [6.07, 6.45) is 26.1. The zero-order valence-electron chi connectivity index (χ0n) is 31.1. The van der Waals surface area contributed by atoms with E-state index in [9.17, 15) is 0 Å². The Bertz CT molecular complexity index is 1350. The molecular weight excluding hydrogens is 593 g/mol. The highest BCUT2D eigenvalue weighted by atomic mass is 14.6. The van der Waals surface area contributed by atoms with Gasteiger partial charge in [0.1, 0.15) is 0 Å². The SMILES string of the molecule is CCCCCCCc1cc(Cc2ccc(CCCCCCCc3ccc(Cc4ccc(N)c(CCCCCCC)c4)cc3)cc2)ccc1N. The number of benzene rings is 4. The third kappa shape index (κ3) is 14.5. The van der Waals surface area contributed by atoms with E-state index in [1.807, 2.05) is 0 Å². The molecule has 0 atom stereocenters. The molecular formula is C47H66N2. The molecule has 0 aliphatic rings. The van der Waals surface area contributed by atoms with E-state index in [1.165, 1.54) is 154 Å². The van der Waals surface area contributed by atoms with E-state index in [0.29, 0.717) is 0 Å². The lowest BCUT2D eigenvalue weighted by atomic mass is 9.97. The van der Waals surface area contributed by atoms with Crippen molar-refractivity contribution in [3.05, 3.63) is 129 Å². The van der Waals surface area contributed by atoms with Gasteiger partial charge in [-0.25, -0.2) is 0 Å². The highest BCUT2D eigenvalue weighted by Crippen LogP contribution is 2.22. The fraction of sp³-hybridized carbons (Fsp3) is 0.489. The fourth-order valence-electron chi connectivity index (χ4n) is 7.12. The minimum atomic E-state index is 0.950. The molecule has 0 spiro atoms.